The second-order valence-corrected chi connectivity index (χ2v) is 3.73. The zero-order valence-corrected chi connectivity index (χ0v) is 13.3. The first kappa shape index (κ1) is 28.1. The largest absolute Gasteiger partial charge is 2.00 e. The third kappa shape index (κ3) is 18.9. The van der Waals surface area contributed by atoms with Gasteiger partial charge in [0.15, 0.2) is 0 Å². The molecular formula is C6H14CaClNO9S. The fourth-order valence-electron chi connectivity index (χ4n) is 0.644. The molecular weight excluding hydrogens is 338 g/mol. The van der Waals surface area contributed by atoms with Gasteiger partial charge in [0, 0.05) is 0 Å². The second kappa shape index (κ2) is 13.9. The fraction of sp³-hybridized carbons (Fsp3) is 0.833. The minimum atomic E-state index is -4.92. The van der Waals surface area contributed by atoms with Crippen LogP contribution < -0.4 is 18.1 Å². The molecule has 0 aliphatic carbocycles. The number of aldehydes is 1. The summed E-state index contributed by atoms with van der Waals surface area (Å²) in [7, 11) is -4.92. The molecule has 0 aromatic rings. The normalized spacial score (nSPS) is 16.4. The summed E-state index contributed by atoms with van der Waals surface area (Å²) in [5, 5.41) is 35.2. The van der Waals surface area contributed by atoms with Gasteiger partial charge in [0.2, 0.25) is 10.4 Å². The van der Waals surface area contributed by atoms with Gasteiger partial charge < -0.3 is 47.9 Å². The Labute approximate surface area is 145 Å². The Balaban J connectivity index is -0.000000139. The average Bonchev–Trinajstić information content (AvgIpc) is 2.22. The van der Waals surface area contributed by atoms with Crippen molar-refractivity contribution in [3.8, 4) is 0 Å². The summed E-state index contributed by atoms with van der Waals surface area (Å²) >= 11 is 0. The minimum absolute atomic E-state index is 0. The van der Waals surface area contributed by atoms with Crippen LogP contribution >= 0.6 is 0 Å². The van der Waals surface area contributed by atoms with Gasteiger partial charge in [0.25, 0.3) is 0 Å². The molecule has 0 aromatic carbocycles. The van der Waals surface area contributed by atoms with Crippen molar-refractivity contribution in [1.29, 1.82) is 0 Å². The number of rotatable bonds is 5. The molecule has 0 amide bonds. The standard InChI is InChI=1S/C6H13NO5.Ca.ClH.H2O4S/c7-3(1-8)5(11)6(12)4(10)2-9;;;1-5(2,3)4/h1,3-6,9-12H,2,7H2;;1H;(H2,1,2,3,4)/q;+2;;/p-2/t3-,4+,5+,6+;;;/m0.../s1. The molecule has 0 unspecified atom stereocenters. The molecule has 0 saturated heterocycles. The van der Waals surface area contributed by atoms with Crippen molar-refractivity contribution in [2.75, 3.05) is 6.61 Å². The average molecular weight is 352 g/mol. The number of carbonyl (C=O) groups is 1. The number of hydrogen-bond acceptors (Lipinski definition) is 9. The van der Waals surface area contributed by atoms with Gasteiger partial charge in [0.1, 0.15) is 24.6 Å². The number of aliphatic hydroxyl groups is 4. The summed E-state index contributed by atoms with van der Waals surface area (Å²) < 4.78 is 32.8. The Kier molecular flexibility index (Phi) is 20.5. The molecule has 7 N–H and O–H groups in total. The van der Waals surface area contributed by atoms with Gasteiger partial charge in [-0.15, -0.1) is 0 Å². The van der Waals surface area contributed by atoms with Gasteiger partial charge >= 0.3 is 37.7 Å². The Morgan fingerprint density at radius 1 is 1.21 bits per heavy atom. The molecule has 19 heavy (non-hydrogen) atoms. The van der Waals surface area contributed by atoms with Crippen LogP contribution in [0.3, 0.4) is 0 Å². The summed E-state index contributed by atoms with van der Waals surface area (Å²) in [6, 6.07) is -1.26. The van der Waals surface area contributed by atoms with Crippen LogP contribution in [0.25, 0.3) is 0 Å². The van der Waals surface area contributed by atoms with Crippen molar-refractivity contribution in [2.45, 2.75) is 24.4 Å². The molecule has 0 heterocycles. The van der Waals surface area contributed by atoms with Crippen molar-refractivity contribution in [3.63, 3.8) is 0 Å². The molecule has 0 fully saturated rings. The maximum absolute atomic E-state index is 10.0. The van der Waals surface area contributed by atoms with Gasteiger partial charge in [0.05, 0.1) is 12.6 Å². The molecule has 0 spiro atoms. The monoisotopic (exact) mass is 351 g/mol. The molecule has 10 nitrogen and oxygen atoms in total. The van der Waals surface area contributed by atoms with E-state index in [1.54, 1.807) is 0 Å². The Morgan fingerprint density at radius 3 is 1.74 bits per heavy atom. The summed E-state index contributed by atoms with van der Waals surface area (Å²) in [4.78, 5) is 10.0. The molecule has 0 bridgehead atoms. The first-order valence-corrected chi connectivity index (χ1v) is 5.45. The molecule has 4 atom stereocenters. The van der Waals surface area contributed by atoms with Crippen molar-refractivity contribution >= 4 is 54.4 Å². The van der Waals surface area contributed by atoms with Crippen molar-refractivity contribution in [2.24, 2.45) is 5.73 Å². The van der Waals surface area contributed by atoms with E-state index in [0.717, 1.165) is 0 Å². The van der Waals surface area contributed by atoms with Crippen LogP contribution in [0.4, 0.5) is 0 Å². The second-order valence-electron chi connectivity index (χ2n) is 2.87. The molecule has 0 rings (SSSR count). The molecule has 13 heteroatoms. The van der Waals surface area contributed by atoms with Gasteiger partial charge in [-0.25, -0.2) is 8.42 Å². The van der Waals surface area contributed by atoms with E-state index < -0.39 is 41.4 Å². The summed E-state index contributed by atoms with van der Waals surface area (Å²) in [5.74, 6) is 0. The van der Waals surface area contributed by atoms with E-state index in [0.29, 0.717) is 0 Å². The van der Waals surface area contributed by atoms with Crippen LogP contribution in [0.1, 0.15) is 0 Å². The van der Waals surface area contributed by atoms with Crippen LogP contribution in [-0.2, 0) is 15.2 Å². The molecule has 0 radical (unpaired) electrons. The molecule has 0 aliphatic rings. The van der Waals surface area contributed by atoms with E-state index in [-0.39, 0.29) is 56.4 Å². The summed E-state index contributed by atoms with van der Waals surface area (Å²) in [5.41, 5.74) is 5.04. The fourth-order valence-corrected chi connectivity index (χ4v) is 0.644. The quantitative estimate of drug-likeness (QED) is 0.119. The van der Waals surface area contributed by atoms with Gasteiger partial charge in [-0.3, -0.25) is 4.55 Å². The van der Waals surface area contributed by atoms with Crippen LogP contribution in [0.5, 0.6) is 0 Å². The van der Waals surface area contributed by atoms with E-state index in [9.17, 15) is 4.79 Å². The number of halogens is 1. The number of hydrogen-bond donors (Lipinski definition) is 6. The van der Waals surface area contributed by atoms with Crippen LogP contribution in [0.15, 0.2) is 0 Å². The summed E-state index contributed by atoms with van der Waals surface area (Å²) in [6.45, 7) is -0.705. The third-order valence-electron chi connectivity index (χ3n) is 1.48. The Hall–Kier alpha value is 0.890. The van der Waals surface area contributed by atoms with E-state index in [4.69, 9.17) is 43.7 Å². The van der Waals surface area contributed by atoms with Crippen LogP contribution in [0.2, 0.25) is 0 Å². The first-order chi connectivity index (χ1) is 7.54. The van der Waals surface area contributed by atoms with E-state index in [1.807, 2.05) is 0 Å². The maximum atomic E-state index is 10.0. The van der Waals surface area contributed by atoms with E-state index in [2.05, 4.69) is 0 Å². The molecule has 0 aromatic heterocycles. The number of aliphatic hydroxyl groups excluding tert-OH is 4. The SMILES string of the molecule is N[C@@H](C=O)[C@@H](O)[C@H](O)[C@H](O)CO.O=S(=O)([O-])O.[Ca+2].[Cl-]. The Bertz CT molecular complexity index is 308. The van der Waals surface area contributed by atoms with Crippen LogP contribution in [0, 0.1) is 0 Å². The Morgan fingerprint density at radius 2 is 1.53 bits per heavy atom. The van der Waals surface area contributed by atoms with Crippen molar-refractivity contribution in [3.05, 3.63) is 0 Å². The number of carbonyl (C=O) groups excluding carboxylic acids is 1. The van der Waals surface area contributed by atoms with Gasteiger partial charge in [-0.2, -0.15) is 0 Å². The zero-order valence-electron chi connectivity index (χ0n) is 9.53. The predicted octanol–water partition coefficient (Wildman–Crippen LogP) is -7.78. The molecule has 112 valence electrons. The third-order valence-corrected chi connectivity index (χ3v) is 1.48. The molecule has 0 aliphatic heterocycles. The smallest absolute Gasteiger partial charge is 1.00 e. The van der Waals surface area contributed by atoms with E-state index in [1.165, 1.54) is 0 Å². The maximum Gasteiger partial charge on any atom is 2.00 e. The predicted molar refractivity (Wildman–Crippen MR) is 57.2 cm³/mol. The number of nitrogens with two attached hydrogens (primary N) is 1. The first-order valence-electron chi connectivity index (χ1n) is 4.08. The van der Waals surface area contributed by atoms with Crippen molar-refractivity contribution in [1.82, 2.24) is 0 Å². The topological polar surface area (TPSA) is 201 Å². The van der Waals surface area contributed by atoms with Gasteiger partial charge in [-0.05, 0) is 0 Å². The van der Waals surface area contributed by atoms with Gasteiger partial charge in [-0.1, -0.05) is 0 Å². The minimum Gasteiger partial charge on any atom is -1.00 e. The van der Waals surface area contributed by atoms with E-state index >= 15 is 0 Å². The zero-order chi connectivity index (χ0) is 14.2. The molecule has 0 saturated carbocycles. The van der Waals surface area contributed by atoms with Crippen molar-refractivity contribution < 1.29 is 55.2 Å². The van der Waals surface area contributed by atoms with Crippen LogP contribution in [-0.4, -0.2) is 113 Å². The summed E-state index contributed by atoms with van der Waals surface area (Å²) in [6.07, 6.45) is -4.43.